The SMILES string of the molecule is COCCC1CCC(NC(=O)Nc2c(C)c(-c3cnn(C)c3)nn2-c2ccccc2)C1.Fc1ccccc1F. The van der Waals surface area contributed by atoms with Crippen molar-refractivity contribution >= 4 is 11.8 Å². The van der Waals surface area contributed by atoms with Gasteiger partial charge in [-0.1, -0.05) is 30.3 Å². The number of benzene rings is 2. The lowest BCUT2D eigenvalue weighted by Gasteiger charge is -2.15. The maximum atomic E-state index is 12.9. The summed E-state index contributed by atoms with van der Waals surface area (Å²) in [4.78, 5) is 12.9. The number of methoxy groups -OCH3 is 1. The van der Waals surface area contributed by atoms with Gasteiger partial charge in [0.25, 0.3) is 0 Å². The third-order valence-electron chi connectivity index (χ3n) is 6.76. The number of nitrogens with one attached hydrogen (secondary N) is 2. The first-order chi connectivity index (χ1) is 18.9. The largest absolute Gasteiger partial charge is 0.385 e. The van der Waals surface area contributed by atoms with E-state index in [1.807, 2.05) is 50.5 Å². The van der Waals surface area contributed by atoms with Crippen molar-refractivity contribution in [2.24, 2.45) is 13.0 Å². The number of halogens is 2. The van der Waals surface area contributed by atoms with Crippen molar-refractivity contribution in [2.75, 3.05) is 19.0 Å². The first-order valence-electron chi connectivity index (χ1n) is 13.0. The van der Waals surface area contributed by atoms with Gasteiger partial charge in [0, 0.05) is 44.1 Å². The summed E-state index contributed by atoms with van der Waals surface area (Å²) in [6, 6.07) is 14.9. The molecule has 2 aromatic carbocycles. The molecular formula is C29H34F2N6O2. The number of aromatic nitrogens is 4. The van der Waals surface area contributed by atoms with E-state index in [1.54, 1.807) is 22.7 Å². The van der Waals surface area contributed by atoms with Crippen LogP contribution < -0.4 is 10.6 Å². The molecule has 2 N–H and O–H groups in total. The second kappa shape index (κ2) is 13.1. The third kappa shape index (κ3) is 7.29. The molecular weight excluding hydrogens is 502 g/mol. The van der Waals surface area contributed by atoms with Gasteiger partial charge in [-0.2, -0.15) is 10.2 Å². The van der Waals surface area contributed by atoms with Crippen LogP contribution >= 0.6 is 0 Å². The van der Waals surface area contributed by atoms with E-state index in [4.69, 9.17) is 9.84 Å². The molecule has 2 amide bonds. The fourth-order valence-electron chi connectivity index (χ4n) is 4.74. The van der Waals surface area contributed by atoms with E-state index in [9.17, 15) is 13.6 Å². The minimum Gasteiger partial charge on any atom is -0.385 e. The average molecular weight is 537 g/mol. The Morgan fingerprint density at radius 3 is 2.38 bits per heavy atom. The van der Waals surface area contributed by atoms with Crippen LogP contribution in [0.4, 0.5) is 19.4 Å². The molecule has 4 aromatic rings. The van der Waals surface area contributed by atoms with Crippen LogP contribution in [0.1, 0.15) is 31.2 Å². The molecule has 1 aliphatic rings. The number of nitrogens with zero attached hydrogens (tertiary/aromatic N) is 4. The van der Waals surface area contributed by atoms with Gasteiger partial charge in [-0.05, 0) is 62.8 Å². The molecule has 0 aliphatic heterocycles. The van der Waals surface area contributed by atoms with Gasteiger partial charge in [-0.25, -0.2) is 18.3 Å². The molecule has 206 valence electrons. The van der Waals surface area contributed by atoms with Gasteiger partial charge >= 0.3 is 6.03 Å². The van der Waals surface area contributed by atoms with Crippen molar-refractivity contribution < 1.29 is 18.3 Å². The number of ether oxygens (including phenoxy) is 1. The Balaban J connectivity index is 0.000000379. The van der Waals surface area contributed by atoms with Gasteiger partial charge in [-0.3, -0.25) is 10.00 Å². The fourth-order valence-corrected chi connectivity index (χ4v) is 4.74. The normalized spacial score (nSPS) is 16.4. The molecule has 0 spiro atoms. The van der Waals surface area contributed by atoms with Crippen LogP contribution in [0.2, 0.25) is 0 Å². The Morgan fingerprint density at radius 1 is 1.08 bits per heavy atom. The molecule has 0 bridgehead atoms. The molecule has 1 fully saturated rings. The summed E-state index contributed by atoms with van der Waals surface area (Å²) in [6.07, 6.45) is 7.87. The van der Waals surface area contributed by atoms with E-state index < -0.39 is 11.6 Å². The van der Waals surface area contributed by atoms with E-state index in [0.29, 0.717) is 11.7 Å². The van der Waals surface area contributed by atoms with E-state index in [2.05, 4.69) is 15.7 Å². The van der Waals surface area contributed by atoms with Crippen molar-refractivity contribution in [3.63, 3.8) is 0 Å². The van der Waals surface area contributed by atoms with Crippen LogP contribution in [0.5, 0.6) is 0 Å². The lowest BCUT2D eigenvalue weighted by molar-refractivity contribution is 0.177. The Labute approximate surface area is 227 Å². The predicted molar refractivity (Wildman–Crippen MR) is 147 cm³/mol. The minimum absolute atomic E-state index is 0.188. The summed E-state index contributed by atoms with van der Waals surface area (Å²) in [5.74, 6) is -0.324. The lowest BCUT2D eigenvalue weighted by Crippen LogP contribution is -2.37. The first kappa shape index (κ1) is 28.0. The van der Waals surface area contributed by atoms with Gasteiger partial charge in [-0.15, -0.1) is 0 Å². The summed E-state index contributed by atoms with van der Waals surface area (Å²) in [5.41, 5.74) is 3.50. The number of carbonyl (C=O) groups is 1. The number of hydrogen-bond donors (Lipinski definition) is 2. The van der Waals surface area contributed by atoms with Crippen molar-refractivity contribution in [1.29, 1.82) is 0 Å². The molecule has 2 atom stereocenters. The highest BCUT2D eigenvalue weighted by Crippen LogP contribution is 2.31. The van der Waals surface area contributed by atoms with E-state index in [-0.39, 0.29) is 12.1 Å². The zero-order valence-corrected chi connectivity index (χ0v) is 22.4. The molecule has 39 heavy (non-hydrogen) atoms. The van der Waals surface area contributed by atoms with E-state index in [0.717, 1.165) is 66.9 Å². The number of anilines is 1. The molecule has 10 heteroatoms. The molecule has 5 rings (SSSR count). The summed E-state index contributed by atoms with van der Waals surface area (Å²) in [7, 11) is 3.61. The van der Waals surface area contributed by atoms with Crippen molar-refractivity contribution in [3.05, 3.63) is 84.2 Å². The number of carbonyl (C=O) groups excluding carboxylic acids is 1. The van der Waals surface area contributed by atoms with Crippen LogP contribution in [0.25, 0.3) is 16.9 Å². The molecule has 2 heterocycles. The van der Waals surface area contributed by atoms with Crippen molar-refractivity contribution in [1.82, 2.24) is 24.9 Å². The Hall–Kier alpha value is -4.05. The number of aryl methyl sites for hydroxylation is 1. The number of para-hydroxylation sites is 1. The number of urea groups is 1. The second-order valence-electron chi connectivity index (χ2n) is 9.64. The van der Waals surface area contributed by atoms with Gasteiger partial charge in [0.05, 0.1) is 11.9 Å². The maximum absolute atomic E-state index is 12.9. The Bertz CT molecular complexity index is 1350. The minimum atomic E-state index is -0.799. The maximum Gasteiger partial charge on any atom is 0.320 e. The van der Waals surface area contributed by atoms with Gasteiger partial charge in [0.2, 0.25) is 0 Å². The molecule has 2 unspecified atom stereocenters. The second-order valence-corrected chi connectivity index (χ2v) is 9.64. The van der Waals surface area contributed by atoms with Gasteiger partial charge in [0.1, 0.15) is 11.5 Å². The highest BCUT2D eigenvalue weighted by Gasteiger charge is 2.26. The molecule has 1 saturated carbocycles. The van der Waals surface area contributed by atoms with Crippen molar-refractivity contribution in [2.45, 2.75) is 38.6 Å². The lowest BCUT2D eigenvalue weighted by atomic mass is 10.0. The molecule has 8 nitrogen and oxygen atoms in total. The van der Waals surface area contributed by atoms with Gasteiger partial charge < -0.3 is 10.1 Å². The van der Waals surface area contributed by atoms with Crippen LogP contribution in [0, 0.1) is 24.5 Å². The number of rotatable bonds is 7. The third-order valence-corrected chi connectivity index (χ3v) is 6.76. The molecule has 1 aliphatic carbocycles. The van der Waals surface area contributed by atoms with E-state index in [1.165, 1.54) is 12.1 Å². The highest BCUT2D eigenvalue weighted by molar-refractivity contribution is 5.91. The predicted octanol–water partition coefficient (Wildman–Crippen LogP) is 5.87. The summed E-state index contributed by atoms with van der Waals surface area (Å²) >= 11 is 0. The number of amides is 2. The summed E-state index contributed by atoms with van der Waals surface area (Å²) < 4.78 is 32.6. The average Bonchev–Trinajstić information content (AvgIpc) is 3.65. The standard InChI is InChI=1S/C23H30N6O2.C6H4F2/c1-16-21(18-14-24-28(2)15-18)27-29(20-7-5-4-6-8-20)22(16)26-23(30)25-19-10-9-17(13-19)11-12-31-3;7-5-3-1-2-4-6(5)8/h4-8,14-15,17,19H,9-13H2,1-3H3,(H2,25,26,30);1-4H. The first-order valence-corrected chi connectivity index (χ1v) is 13.0. The topological polar surface area (TPSA) is 86.0 Å². The molecule has 2 aromatic heterocycles. The summed E-state index contributed by atoms with van der Waals surface area (Å²) in [5, 5.41) is 15.3. The van der Waals surface area contributed by atoms with Crippen LogP contribution in [0.15, 0.2) is 67.0 Å². The zero-order valence-electron chi connectivity index (χ0n) is 22.4. The van der Waals surface area contributed by atoms with E-state index >= 15 is 0 Å². The highest BCUT2D eigenvalue weighted by atomic mass is 19.2. The molecule has 0 radical (unpaired) electrons. The van der Waals surface area contributed by atoms with Crippen LogP contribution in [0.3, 0.4) is 0 Å². The summed E-state index contributed by atoms with van der Waals surface area (Å²) in [6.45, 7) is 2.75. The Kier molecular flexibility index (Phi) is 9.43. The number of hydrogen-bond acceptors (Lipinski definition) is 4. The van der Waals surface area contributed by atoms with Crippen molar-refractivity contribution in [3.8, 4) is 16.9 Å². The molecule has 0 saturated heterocycles. The van der Waals surface area contributed by atoms with Crippen LogP contribution in [-0.4, -0.2) is 45.4 Å². The monoisotopic (exact) mass is 536 g/mol. The van der Waals surface area contributed by atoms with Crippen LogP contribution in [-0.2, 0) is 11.8 Å². The van der Waals surface area contributed by atoms with Gasteiger partial charge in [0.15, 0.2) is 11.6 Å². The quantitative estimate of drug-likeness (QED) is 0.309. The Morgan fingerprint density at radius 2 is 1.77 bits per heavy atom. The zero-order chi connectivity index (χ0) is 27.8. The fraction of sp³-hybridized carbons (Fsp3) is 0.345. The smallest absolute Gasteiger partial charge is 0.320 e.